The van der Waals surface area contributed by atoms with Gasteiger partial charge in [0.1, 0.15) is 0 Å². The van der Waals surface area contributed by atoms with Gasteiger partial charge in [0.2, 0.25) is 11.8 Å². The lowest BCUT2D eigenvalue weighted by Gasteiger charge is -2.31. The molecule has 202 valence electrons. The molecule has 2 aromatic rings. The van der Waals surface area contributed by atoms with E-state index < -0.39 is 33.4 Å². The number of hydrogen-bond acceptors (Lipinski definition) is 5. The number of hydrogen-bond donors (Lipinski definition) is 1. The topological polar surface area (TPSA) is 112 Å². The minimum absolute atomic E-state index is 0.0984. The van der Waals surface area contributed by atoms with Crippen LogP contribution in [0.25, 0.3) is 10.8 Å². The molecular weight excluding hydrogens is 492 g/mol. The van der Waals surface area contributed by atoms with Gasteiger partial charge < -0.3 is 14.9 Å². The fourth-order valence-corrected chi connectivity index (χ4v) is 6.40. The number of piperidine rings is 1. The number of nitrogens with zero attached hydrogens (tertiary/aromatic N) is 2. The lowest BCUT2D eigenvalue weighted by atomic mass is 10.0. The smallest absolute Gasteiger partial charge is 0.303 e. The molecule has 2 aromatic carbocycles. The number of rotatable bonds is 13. The second kappa shape index (κ2) is 13.6. The number of aliphatic carboxylic acids is 1. The van der Waals surface area contributed by atoms with E-state index in [1.54, 1.807) is 17.0 Å². The Kier molecular flexibility index (Phi) is 10.5. The van der Waals surface area contributed by atoms with E-state index in [0.717, 1.165) is 42.9 Å². The number of carboxylic acid groups (broad SMARTS) is 1. The lowest BCUT2D eigenvalue weighted by molar-refractivity contribution is -0.144. The third-order valence-corrected chi connectivity index (χ3v) is 8.75. The highest BCUT2D eigenvalue weighted by Gasteiger charge is 2.32. The zero-order valence-corrected chi connectivity index (χ0v) is 22.4. The number of carbonyl (C=O) groups is 3. The first kappa shape index (κ1) is 28.6. The average molecular weight is 531 g/mol. The van der Waals surface area contributed by atoms with Crippen LogP contribution in [-0.4, -0.2) is 73.0 Å². The molecule has 0 aromatic heterocycles. The van der Waals surface area contributed by atoms with Crippen LogP contribution in [-0.2, 0) is 24.2 Å². The third kappa shape index (κ3) is 8.28. The summed E-state index contributed by atoms with van der Waals surface area (Å²) in [4.78, 5) is 41.3. The summed E-state index contributed by atoms with van der Waals surface area (Å²) in [6.45, 7) is 3.59. The Hall–Kier alpha value is -2.94. The van der Waals surface area contributed by atoms with Gasteiger partial charge in [-0.3, -0.25) is 14.4 Å². The van der Waals surface area contributed by atoms with Crippen molar-refractivity contribution < 1.29 is 27.9 Å². The molecule has 1 atom stereocenters. The predicted octanol–water partition coefficient (Wildman–Crippen LogP) is 4.13. The van der Waals surface area contributed by atoms with Crippen molar-refractivity contribution in [1.82, 2.24) is 9.80 Å². The van der Waals surface area contributed by atoms with Crippen LogP contribution < -0.4 is 0 Å². The van der Waals surface area contributed by atoms with Crippen molar-refractivity contribution in [1.29, 1.82) is 0 Å². The van der Waals surface area contributed by atoms with Crippen LogP contribution in [0.2, 0.25) is 0 Å². The van der Waals surface area contributed by atoms with Crippen molar-refractivity contribution >= 4 is 38.4 Å². The summed E-state index contributed by atoms with van der Waals surface area (Å²) < 4.78 is 26.8. The molecule has 0 bridgehead atoms. The summed E-state index contributed by atoms with van der Waals surface area (Å²) >= 11 is 0. The van der Waals surface area contributed by atoms with E-state index in [0.29, 0.717) is 26.1 Å². The van der Waals surface area contributed by atoms with Crippen molar-refractivity contribution in [2.75, 3.05) is 31.9 Å². The SMILES string of the molecule is CCCCCN(CC(=O)N1CCCCC1)C(=O)C(CCC(=O)O)CS(=O)(=O)c1ccc2ccccc2c1. The Morgan fingerprint density at radius 3 is 2.38 bits per heavy atom. The second-order valence-corrected chi connectivity index (χ2v) is 11.9. The number of likely N-dealkylation sites (tertiary alicyclic amines) is 1. The summed E-state index contributed by atoms with van der Waals surface area (Å²) in [5.41, 5.74) is 0. The molecule has 0 saturated carbocycles. The van der Waals surface area contributed by atoms with Gasteiger partial charge >= 0.3 is 5.97 Å². The zero-order valence-electron chi connectivity index (χ0n) is 21.6. The number of carboxylic acids is 1. The largest absolute Gasteiger partial charge is 0.481 e. The lowest BCUT2D eigenvalue weighted by Crippen LogP contribution is -2.47. The highest BCUT2D eigenvalue weighted by atomic mass is 32.2. The van der Waals surface area contributed by atoms with Gasteiger partial charge in [-0.1, -0.05) is 50.1 Å². The van der Waals surface area contributed by atoms with Gasteiger partial charge in [-0.05, 0) is 55.0 Å². The first-order valence-corrected chi connectivity index (χ1v) is 14.9. The zero-order chi connectivity index (χ0) is 26.8. The van der Waals surface area contributed by atoms with E-state index in [4.69, 9.17) is 0 Å². The third-order valence-electron chi connectivity index (χ3n) is 6.93. The molecule has 3 rings (SSSR count). The Morgan fingerprint density at radius 1 is 1.00 bits per heavy atom. The quantitative estimate of drug-likeness (QED) is 0.390. The van der Waals surface area contributed by atoms with Gasteiger partial charge in [-0.2, -0.15) is 0 Å². The highest BCUT2D eigenvalue weighted by Crippen LogP contribution is 2.24. The first-order valence-electron chi connectivity index (χ1n) is 13.2. The maximum Gasteiger partial charge on any atom is 0.303 e. The Labute approximate surface area is 219 Å². The van der Waals surface area contributed by atoms with Crippen molar-refractivity contribution in [3.05, 3.63) is 42.5 Å². The molecule has 9 heteroatoms. The van der Waals surface area contributed by atoms with Gasteiger partial charge in [0.15, 0.2) is 9.84 Å². The van der Waals surface area contributed by atoms with Crippen molar-refractivity contribution in [2.24, 2.45) is 5.92 Å². The molecule has 1 unspecified atom stereocenters. The monoisotopic (exact) mass is 530 g/mol. The number of fused-ring (bicyclic) bond motifs is 1. The van der Waals surface area contributed by atoms with E-state index in [9.17, 15) is 27.9 Å². The van der Waals surface area contributed by atoms with E-state index in [-0.39, 0.29) is 30.2 Å². The number of benzene rings is 2. The van der Waals surface area contributed by atoms with Crippen LogP contribution in [0.3, 0.4) is 0 Å². The fraction of sp³-hybridized carbons (Fsp3) is 0.536. The predicted molar refractivity (Wildman–Crippen MR) is 143 cm³/mol. The minimum atomic E-state index is -3.89. The van der Waals surface area contributed by atoms with Gasteiger partial charge in [0.05, 0.1) is 23.1 Å². The van der Waals surface area contributed by atoms with E-state index in [1.807, 2.05) is 31.2 Å². The fourth-order valence-electron chi connectivity index (χ4n) is 4.78. The molecular formula is C28H38N2O6S. The van der Waals surface area contributed by atoms with Crippen LogP contribution in [0.1, 0.15) is 58.3 Å². The molecule has 1 heterocycles. The van der Waals surface area contributed by atoms with Crippen LogP contribution in [0.5, 0.6) is 0 Å². The maximum atomic E-state index is 13.7. The van der Waals surface area contributed by atoms with Crippen molar-refractivity contribution in [3.63, 3.8) is 0 Å². The highest BCUT2D eigenvalue weighted by molar-refractivity contribution is 7.91. The molecule has 0 spiro atoms. The summed E-state index contributed by atoms with van der Waals surface area (Å²) in [6, 6.07) is 12.2. The summed E-state index contributed by atoms with van der Waals surface area (Å²) in [5, 5.41) is 10.9. The second-order valence-electron chi connectivity index (χ2n) is 9.83. The molecule has 37 heavy (non-hydrogen) atoms. The summed E-state index contributed by atoms with van der Waals surface area (Å²) in [7, 11) is -3.89. The Bertz CT molecular complexity index is 1190. The van der Waals surface area contributed by atoms with Crippen LogP contribution in [0.15, 0.2) is 47.4 Å². The maximum absolute atomic E-state index is 13.7. The van der Waals surface area contributed by atoms with Gasteiger partial charge in [0.25, 0.3) is 0 Å². The molecule has 1 N–H and O–H groups in total. The molecule has 2 amide bonds. The number of amides is 2. The van der Waals surface area contributed by atoms with E-state index >= 15 is 0 Å². The molecule has 1 aliphatic rings. The Balaban J connectivity index is 1.83. The van der Waals surface area contributed by atoms with Gasteiger partial charge in [-0.25, -0.2) is 8.42 Å². The van der Waals surface area contributed by atoms with Gasteiger partial charge in [0, 0.05) is 26.1 Å². The first-order chi connectivity index (χ1) is 17.7. The number of unbranched alkanes of at least 4 members (excludes halogenated alkanes) is 2. The molecule has 8 nitrogen and oxygen atoms in total. The normalized spacial score (nSPS) is 14.9. The molecule has 1 aliphatic heterocycles. The molecule has 0 aliphatic carbocycles. The van der Waals surface area contributed by atoms with Gasteiger partial charge in [-0.15, -0.1) is 0 Å². The number of carbonyl (C=O) groups excluding carboxylic acids is 2. The standard InChI is InChI=1S/C28H38N2O6S/c1-2-3-7-18-30(20-26(31)29-16-8-4-9-17-29)28(34)24(13-15-27(32)33)21-37(35,36)25-14-12-22-10-5-6-11-23(22)19-25/h5-6,10-12,14,19,24H,2-4,7-9,13,15-18,20-21H2,1H3,(H,32,33). The van der Waals surface area contributed by atoms with Crippen molar-refractivity contribution in [3.8, 4) is 0 Å². The van der Waals surface area contributed by atoms with Crippen LogP contribution in [0, 0.1) is 5.92 Å². The van der Waals surface area contributed by atoms with Crippen molar-refractivity contribution in [2.45, 2.75) is 63.2 Å². The minimum Gasteiger partial charge on any atom is -0.481 e. The Morgan fingerprint density at radius 2 is 1.70 bits per heavy atom. The number of sulfone groups is 1. The van der Waals surface area contributed by atoms with E-state index in [2.05, 4.69) is 0 Å². The summed E-state index contributed by atoms with van der Waals surface area (Å²) in [6.07, 6.45) is 5.00. The molecule has 0 radical (unpaired) electrons. The average Bonchev–Trinajstić information content (AvgIpc) is 2.90. The summed E-state index contributed by atoms with van der Waals surface area (Å²) in [5.74, 6) is -3.25. The van der Waals surface area contributed by atoms with Crippen LogP contribution >= 0.6 is 0 Å². The van der Waals surface area contributed by atoms with E-state index in [1.165, 1.54) is 11.0 Å². The molecule has 1 fully saturated rings. The molecule has 1 saturated heterocycles. The van der Waals surface area contributed by atoms with Crippen LogP contribution in [0.4, 0.5) is 0 Å².